The standard InChI is InChI=1S/C22H28O6/c1-10-8-14-12-5-4-11-9-15(23)17(24)19(26)22(11,3)13(12)6-7-21(14,2)16(10)18(25)20(27)28/h9-10,12-14,16,23-24H,4-8H2,1-3H3,(H,27,28)/t10-,12-,13+,14+,16-,21+,22+/m1/s1. The molecule has 0 aliphatic heterocycles. The Labute approximate surface area is 164 Å². The van der Waals surface area contributed by atoms with Gasteiger partial charge in [-0.2, -0.15) is 0 Å². The minimum absolute atomic E-state index is 0.00138. The van der Waals surface area contributed by atoms with Crippen molar-refractivity contribution in [3.8, 4) is 0 Å². The highest BCUT2D eigenvalue weighted by Crippen LogP contribution is 2.67. The first-order chi connectivity index (χ1) is 13.0. The highest BCUT2D eigenvalue weighted by Gasteiger charge is 2.64. The molecule has 4 aliphatic rings. The van der Waals surface area contributed by atoms with E-state index in [0.29, 0.717) is 19.3 Å². The zero-order valence-electron chi connectivity index (χ0n) is 16.6. The maximum absolute atomic E-state index is 13.0. The van der Waals surface area contributed by atoms with Crippen LogP contribution in [0.15, 0.2) is 23.2 Å². The summed E-state index contributed by atoms with van der Waals surface area (Å²) in [5.41, 5.74) is -0.328. The van der Waals surface area contributed by atoms with Gasteiger partial charge in [0.25, 0.3) is 0 Å². The van der Waals surface area contributed by atoms with Crippen LogP contribution < -0.4 is 0 Å². The summed E-state index contributed by atoms with van der Waals surface area (Å²) in [4.78, 5) is 36.9. The molecule has 0 amide bonds. The molecule has 3 fully saturated rings. The number of fused-ring (bicyclic) bond motifs is 5. The maximum atomic E-state index is 13.0. The number of rotatable bonds is 2. The number of carboxylic acid groups (broad SMARTS) is 1. The third kappa shape index (κ3) is 2.23. The van der Waals surface area contributed by atoms with Gasteiger partial charge in [0.2, 0.25) is 17.3 Å². The summed E-state index contributed by atoms with van der Waals surface area (Å²) in [6, 6.07) is 0. The monoisotopic (exact) mass is 388 g/mol. The van der Waals surface area contributed by atoms with Crippen molar-refractivity contribution in [2.24, 2.45) is 40.4 Å². The van der Waals surface area contributed by atoms with E-state index in [4.69, 9.17) is 0 Å². The van der Waals surface area contributed by atoms with Crippen LogP contribution in [0.5, 0.6) is 0 Å². The molecule has 0 aromatic rings. The van der Waals surface area contributed by atoms with Gasteiger partial charge in [-0.15, -0.1) is 0 Å². The molecule has 0 radical (unpaired) electrons. The Kier molecular flexibility index (Phi) is 4.08. The first-order valence-electron chi connectivity index (χ1n) is 10.2. The number of aliphatic hydroxyl groups excluding tert-OH is 2. The zero-order valence-corrected chi connectivity index (χ0v) is 16.6. The van der Waals surface area contributed by atoms with E-state index < -0.39 is 34.6 Å². The van der Waals surface area contributed by atoms with Gasteiger partial charge in [0, 0.05) is 5.92 Å². The van der Waals surface area contributed by atoms with Gasteiger partial charge in [0.15, 0.2) is 5.76 Å². The maximum Gasteiger partial charge on any atom is 0.372 e. The van der Waals surface area contributed by atoms with Crippen LogP contribution in [0.3, 0.4) is 0 Å². The number of carboxylic acids is 1. The molecule has 0 spiro atoms. The largest absolute Gasteiger partial charge is 0.504 e. The number of hydrogen-bond acceptors (Lipinski definition) is 5. The van der Waals surface area contributed by atoms with Gasteiger partial charge >= 0.3 is 5.97 Å². The van der Waals surface area contributed by atoms with Gasteiger partial charge in [-0.1, -0.05) is 19.4 Å². The molecule has 0 unspecified atom stereocenters. The third-order valence-corrected chi connectivity index (χ3v) is 8.67. The number of aliphatic hydroxyl groups is 2. The van der Waals surface area contributed by atoms with Crippen molar-refractivity contribution in [1.29, 1.82) is 0 Å². The molecule has 4 aliphatic carbocycles. The number of aliphatic carboxylic acids is 1. The number of ketones is 2. The van der Waals surface area contributed by atoms with Gasteiger partial charge in [0.05, 0.1) is 5.41 Å². The van der Waals surface area contributed by atoms with Crippen LogP contribution in [-0.2, 0) is 14.4 Å². The minimum atomic E-state index is -1.35. The molecule has 0 aromatic heterocycles. The van der Waals surface area contributed by atoms with Gasteiger partial charge < -0.3 is 15.3 Å². The second-order valence-corrected chi connectivity index (χ2v) is 9.75. The second-order valence-electron chi connectivity index (χ2n) is 9.75. The Bertz CT molecular complexity index is 838. The first-order valence-corrected chi connectivity index (χ1v) is 10.2. The number of carbonyl (C=O) groups excluding carboxylic acids is 2. The molecule has 6 heteroatoms. The van der Waals surface area contributed by atoms with Crippen LogP contribution in [-0.4, -0.2) is 32.9 Å². The summed E-state index contributed by atoms with van der Waals surface area (Å²) < 4.78 is 0. The Balaban J connectivity index is 1.72. The van der Waals surface area contributed by atoms with Crippen LogP contribution >= 0.6 is 0 Å². The van der Waals surface area contributed by atoms with Crippen LogP contribution in [0, 0.1) is 40.4 Å². The summed E-state index contributed by atoms with van der Waals surface area (Å²) in [6.07, 6.45) is 5.26. The average molecular weight is 388 g/mol. The highest BCUT2D eigenvalue weighted by atomic mass is 16.4. The van der Waals surface area contributed by atoms with E-state index in [9.17, 15) is 29.7 Å². The molecule has 4 rings (SSSR count). The molecule has 152 valence electrons. The molecule has 0 bridgehead atoms. The molecular formula is C22H28O6. The van der Waals surface area contributed by atoms with Crippen molar-refractivity contribution in [1.82, 2.24) is 0 Å². The second kappa shape index (κ2) is 5.94. The van der Waals surface area contributed by atoms with Gasteiger partial charge in [-0.05, 0) is 74.2 Å². The van der Waals surface area contributed by atoms with E-state index in [1.807, 2.05) is 13.8 Å². The zero-order chi connectivity index (χ0) is 20.6. The Morgan fingerprint density at radius 2 is 1.82 bits per heavy atom. The summed E-state index contributed by atoms with van der Waals surface area (Å²) in [5, 5.41) is 29.4. The average Bonchev–Trinajstić information content (AvgIpc) is 2.91. The molecule has 6 nitrogen and oxygen atoms in total. The predicted molar refractivity (Wildman–Crippen MR) is 100 cm³/mol. The lowest BCUT2D eigenvalue weighted by molar-refractivity contribution is -0.155. The summed E-state index contributed by atoms with van der Waals surface area (Å²) >= 11 is 0. The van der Waals surface area contributed by atoms with E-state index in [0.717, 1.165) is 18.4 Å². The fourth-order valence-corrected chi connectivity index (χ4v) is 7.41. The van der Waals surface area contributed by atoms with Crippen LogP contribution in [0.1, 0.15) is 52.9 Å². The summed E-state index contributed by atoms with van der Waals surface area (Å²) in [7, 11) is 0. The fourth-order valence-electron chi connectivity index (χ4n) is 7.41. The summed E-state index contributed by atoms with van der Waals surface area (Å²) in [6.45, 7) is 5.91. The van der Waals surface area contributed by atoms with E-state index in [-0.39, 0.29) is 34.8 Å². The molecule has 0 saturated heterocycles. The lowest BCUT2D eigenvalue weighted by atomic mass is 9.46. The van der Waals surface area contributed by atoms with Crippen molar-refractivity contribution in [2.45, 2.75) is 52.9 Å². The smallest absolute Gasteiger partial charge is 0.372 e. The van der Waals surface area contributed by atoms with Crippen molar-refractivity contribution in [3.05, 3.63) is 23.2 Å². The van der Waals surface area contributed by atoms with Gasteiger partial charge in [-0.25, -0.2) is 4.79 Å². The minimum Gasteiger partial charge on any atom is -0.504 e. The normalized spacial score (nSPS) is 45.0. The Morgan fingerprint density at radius 1 is 1.14 bits per heavy atom. The van der Waals surface area contributed by atoms with Gasteiger partial charge in [0.1, 0.15) is 0 Å². The highest BCUT2D eigenvalue weighted by molar-refractivity contribution is 6.33. The Morgan fingerprint density at radius 3 is 2.46 bits per heavy atom. The van der Waals surface area contributed by atoms with Crippen molar-refractivity contribution >= 4 is 17.5 Å². The lowest BCUT2D eigenvalue weighted by Gasteiger charge is -2.56. The van der Waals surface area contributed by atoms with Crippen LogP contribution in [0.4, 0.5) is 0 Å². The predicted octanol–water partition coefficient (Wildman–Crippen LogP) is 3.58. The number of hydrogen-bond donors (Lipinski definition) is 3. The molecule has 7 atom stereocenters. The van der Waals surface area contributed by atoms with Crippen molar-refractivity contribution in [3.63, 3.8) is 0 Å². The molecule has 0 heterocycles. The van der Waals surface area contributed by atoms with Gasteiger partial charge in [-0.3, -0.25) is 9.59 Å². The Hall–Kier alpha value is -2.11. The van der Waals surface area contributed by atoms with E-state index in [1.54, 1.807) is 6.08 Å². The number of allylic oxidation sites excluding steroid dienone is 3. The molecule has 28 heavy (non-hydrogen) atoms. The molecule has 3 saturated carbocycles. The molecular weight excluding hydrogens is 360 g/mol. The van der Waals surface area contributed by atoms with E-state index in [2.05, 4.69) is 6.92 Å². The lowest BCUT2D eigenvalue weighted by Crippen LogP contribution is -2.54. The van der Waals surface area contributed by atoms with E-state index in [1.165, 1.54) is 0 Å². The summed E-state index contributed by atoms with van der Waals surface area (Å²) in [5.74, 6) is -3.43. The first kappa shape index (κ1) is 19.2. The number of carbonyl (C=O) groups is 3. The van der Waals surface area contributed by atoms with Crippen molar-refractivity contribution < 1.29 is 29.7 Å². The van der Waals surface area contributed by atoms with Crippen LogP contribution in [0.25, 0.3) is 0 Å². The number of Topliss-reactive ketones (excluding diaryl/α,β-unsaturated/α-hetero) is 2. The SMILES string of the molecule is C[C@@H]1C[C@H]2[C@@H]3CCC4=CC(O)=C(O)C(=O)[C@]4(C)[C@H]3CC[C@]2(C)[C@H]1C(=O)C(=O)O. The topological polar surface area (TPSA) is 112 Å². The quantitative estimate of drug-likeness (QED) is 0.623. The fraction of sp³-hybridized carbons (Fsp3) is 0.682. The van der Waals surface area contributed by atoms with Crippen molar-refractivity contribution in [2.75, 3.05) is 0 Å². The third-order valence-electron chi connectivity index (χ3n) is 8.67. The molecule has 3 N–H and O–H groups in total. The van der Waals surface area contributed by atoms with Crippen LogP contribution in [0.2, 0.25) is 0 Å². The molecule has 0 aromatic carbocycles. The van der Waals surface area contributed by atoms with E-state index >= 15 is 0 Å².